The molecule has 1 aromatic carbocycles. The van der Waals surface area contributed by atoms with E-state index in [1.54, 1.807) is 0 Å². The van der Waals surface area contributed by atoms with Crippen LogP contribution in [0.3, 0.4) is 0 Å². The SMILES string of the molecule is CCOC(=O)CCCCCOCc1ccc2c(c1)OCO2. The average molecular weight is 294 g/mol. The van der Waals surface area contributed by atoms with E-state index >= 15 is 0 Å². The summed E-state index contributed by atoms with van der Waals surface area (Å²) in [5.74, 6) is 1.46. The second-order valence-corrected chi connectivity index (χ2v) is 4.86. The number of hydrogen-bond donors (Lipinski definition) is 0. The first-order chi connectivity index (χ1) is 10.3. The summed E-state index contributed by atoms with van der Waals surface area (Å²) in [7, 11) is 0. The number of rotatable bonds is 9. The van der Waals surface area contributed by atoms with Crippen LogP contribution >= 0.6 is 0 Å². The molecule has 0 N–H and O–H groups in total. The molecule has 0 saturated carbocycles. The van der Waals surface area contributed by atoms with Crippen molar-refractivity contribution < 1.29 is 23.7 Å². The van der Waals surface area contributed by atoms with Gasteiger partial charge in [-0.1, -0.05) is 12.5 Å². The van der Waals surface area contributed by atoms with E-state index in [1.807, 2.05) is 25.1 Å². The Bertz CT molecular complexity index is 458. The van der Waals surface area contributed by atoms with Crippen LogP contribution in [-0.2, 0) is 20.9 Å². The number of ether oxygens (including phenoxy) is 4. The molecule has 5 heteroatoms. The fraction of sp³-hybridized carbons (Fsp3) is 0.562. The van der Waals surface area contributed by atoms with Gasteiger partial charge in [0.1, 0.15) is 0 Å². The Balaban J connectivity index is 1.53. The van der Waals surface area contributed by atoms with Crippen molar-refractivity contribution in [2.24, 2.45) is 0 Å². The Morgan fingerprint density at radius 2 is 2.05 bits per heavy atom. The minimum absolute atomic E-state index is 0.112. The maximum atomic E-state index is 11.1. The largest absolute Gasteiger partial charge is 0.466 e. The monoisotopic (exact) mass is 294 g/mol. The summed E-state index contributed by atoms with van der Waals surface area (Å²) >= 11 is 0. The number of hydrogen-bond acceptors (Lipinski definition) is 5. The highest BCUT2D eigenvalue weighted by molar-refractivity contribution is 5.69. The second-order valence-electron chi connectivity index (χ2n) is 4.86. The van der Waals surface area contributed by atoms with Crippen LogP contribution in [0.5, 0.6) is 11.5 Å². The van der Waals surface area contributed by atoms with Gasteiger partial charge in [0.15, 0.2) is 11.5 Å². The normalized spacial score (nSPS) is 12.4. The van der Waals surface area contributed by atoms with Crippen molar-refractivity contribution in [3.63, 3.8) is 0 Å². The predicted molar refractivity (Wildman–Crippen MR) is 77.3 cm³/mol. The second kappa shape index (κ2) is 8.52. The zero-order chi connectivity index (χ0) is 14.9. The average Bonchev–Trinajstić information content (AvgIpc) is 2.94. The van der Waals surface area contributed by atoms with E-state index in [0.717, 1.165) is 36.3 Å². The zero-order valence-corrected chi connectivity index (χ0v) is 12.4. The van der Waals surface area contributed by atoms with Crippen LogP contribution in [-0.4, -0.2) is 26.0 Å². The Hall–Kier alpha value is -1.75. The van der Waals surface area contributed by atoms with E-state index < -0.39 is 0 Å². The highest BCUT2D eigenvalue weighted by Gasteiger charge is 2.12. The molecule has 1 aliphatic rings. The molecule has 0 radical (unpaired) electrons. The smallest absolute Gasteiger partial charge is 0.305 e. The molecule has 1 aliphatic heterocycles. The van der Waals surface area contributed by atoms with E-state index in [4.69, 9.17) is 18.9 Å². The van der Waals surface area contributed by atoms with E-state index in [1.165, 1.54) is 0 Å². The number of benzene rings is 1. The Labute approximate surface area is 125 Å². The number of unbranched alkanes of at least 4 members (excludes halogenated alkanes) is 2. The molecule has 116 valence electrons. The van der Waals surface area contributed by atoms with Crippen molar-refractivity contribution in [3.8, 4) is 11.5 Å². The first-order valence-electron chi connectivity index (χ1n) is 7.41. The number of carbonyl (C=O) groups excluding carboxylic acids is 1. The van der Waals surface area contributed by atoms with Crippen molar-refractivity contribution >= 4 is 5.97 Å². The molecule has 0 amide bonds. The zero-order valence-electron chi connectivity index (χ0n) is 12.4. The highest BCUT2D eigenvalue weighted by Crippen LogP contribution is 2.32. The third-order valence-corrected chi connectivity index (χ3v) is 3.18. The van der Waals surface area contributed by atoms with Crippen LogP contribution in [0.1, 0.15) is 38.2 Å². The molecule has 0 aliphatic carbocycles. The summed E-state index contributed by atoms with van der Waals surface area (Å²) in [6.07, 6.45) is 3.27. The van der Waals surface area contributed by atoms with Gasteiger partial charge < -0.3 is 18.9 Å². The third kappa shape index (κ3) is 5.27. The van der Waals surface area contributed by atoms with Gasteiger partial charge >= 0.3 is 5.97 Å². The standard InChI is InChI=1S/C16H22O5/c1-2-19-16(17)6-4-3-5-9-18-11-13-7-8-14-15(10-13)21-12-20-14/h7-8,10H,2-6,9,11-12H2,1H3. The molecule has 0 bridgehead atoms. The fourth-order valence-electron chi connectivity index (χ4n) is 2.10. The van der Waals surface area contributed by atoms with Crippen molar-refractivity contribution in [3.05, 3.63) is 23.8 Å². The van der Waals surface area contributed by atoms with Gasteiger partial charge in [-0.15, -0.1) is 0 Å². The molecule has 5 nitrogen and oxygen atoms in total. The lowest BCUT2D eigenvalue weighted by molar-refractivity contribution is -0.143. The Kier molecular flexibility index (Phi) is 6.34. The molecule has 0 saturated heterocycles. The third-order valence-electron chi connectivity index (χ3n) is 3.18. The first-order valence-corrected chi connectivity index (χ1v) is 7.41. The van der Waals surface area contributed by atoms with Crippen LogP contribution in [0, 0.1) is 0 Å². The highest BCUT2D eigenvalue weighted by atomic mass is 16.7. The van der Waals surface area contributed by atoms with Gasteiger partial charge in [-0.2, -0.15) is 0 Å². The van der Waals surface area contributed by atoms with E-state index in [-0.39, 0.29) is 5.97 Å². The van der Waals surface area contributed by atoms with Gasteiger partial charge in [-0.25, -0.2) is 0 Å². The lowest BCUT2D eigenvalue weighted by Crippen LogP contribution is -2.03. The van der Waals surface area contributed by atoms with E-state index in [9.17, 15) is 4.79 Å². The molecular weight excluding hydrogens is 272 g/mol. The van der Waals surface area contributed by atoms with Crippen LogP contribution in [0.2, 0.25) is 0 Å². The van der Waals surface area contributed by atoms with Crippen molar-refractivity contribution in [2.75, 3.05) is 20.0 Å². The molecule has 0 aromatic heterocycles. The summed E-state index contributed by atoms with van der Waals surface area (Å²) in [4.78, 5) is 11.1. The molecule has 0 fully saturated rings. The van der Waals surface area contributed by atoms with Crippen LogP contribution in [0.25, 0.3) is 0 Å². The van der Waals surface area contributed by atoms with Crippen molar-refractivity contribution in [1.82, 2.24) is 0 Å². The first kappa shape index (κ1) is 15.6. The summed E-state index contributed by atoms with van der Waals surface area (Å²) in [5.41, 5.74) is 1.07. The molecule has 2 rings (SSSR count). The molecule has 21 heavy (non-hydrogen) atoms. The summed E-state index contributed by atoms with van der Waals surface area (Å²) in [6, 6.07) is 5.83. The molecule has 0 spiro atoms. The number of esters is 1. The van der Waals surface area contributed by atoms with Gasteiger partial charge in [-0.05, 0) is 37.5 Å². The van der Waals surface area contributed by atoms with Gasteiger partial charge in [0.05, 0.1) is 13.2 Å². The van der Waals surface area contributed by atoms with Crippen LogP contribution in [0.15, 0.2) is 18.2 Å². The van der Waals surface area contributed by atoms with E-state index in [2.05, 4.69) is 0 Å². The lowest BCUT2D eigenvalue weighted by atomic mass is 10.2. The van der Waals surface area contributed by atoms with Gasteiger partial charge in [0.2, 0.25) is 6.79 Å². The number of fused-ring (bicyclic) bond motifs is 1. The topological polar surface area (TPSA) is 54.0 Å². The van der Waals surface area contributed by atoms with Gasteiger partial charge in [0, 0.05) is 13.0 Å². The molecule has 1 aromatic rings. The van der Waals surface area contributed by atoms with Gasteiger partial charge in [0.25, 0.3) is 0 Å². The lowest BCUT2D eigenvalue weighted by Gasteiger charge is -2.05. The maximum Gasteiger partial charge on any atom is 0.305 e. The molecule has 0 atom stereocenters. The van der Waals surface area contributed by atoms with Crippen LogP contribution < -0.4 is 9.47 Å². The molecule has 0 unspecified atom stereocenters. The van der Waals surface area contributed by atoms with Gasteiger partial charge in [-0.3, -0.25) is 4.79 Å². The summed E-state index contributed by atoms with van der Waals surface area (Å²) in [5, 5.41) is 0. The molecule has 1 heterocycles. The van der Waals surface area contributed by atoms with Crippen molar-refractivity contribution in [1.29, 1.82) is 0 Å². The quantitative estimate of drug-likeness (QED) is 0.517. The van der Waals surface area contributed by atoms with Crippen molar-refractivity contribution in [2.45, 2.75) is 39.2 Å². The maximum absolute atomic E-state index is 11.1. The Morgan fingerprint density at radius 1 is 1.19 bits per heavy atom. The van der Waals surface area contributed by atoms with E-state index in [0.29, 0.717) is 33.0 Å². The molecular formula is C16H22O5. The summed E-state index contributed by atoms with van der Waals surface area (Å²) in [6.45, 7) is 3.82. The Morgan fingerprint density at radius 3 is 2.90 bits per heavy atom. The number of carbonyl (C=O) groups is 1. The van der Waals surface area contributed by atoms with Crippen LogP contribution in [0.4, 0.5) is 0 Å². The minimum Gasteiger partial charge on any atom is -0.466 e. The summed E-state index contributed by atoms with van der Waals surface area (Å²) < 4.78 is 21.1. The predicted octanol–water partition coefficient (Wildman–Crippen LogP) is 3.06. The minimum atomic E-state index is -0.112. The fourth-order valence-corrected chi connectivity index (χ4v) is 2.10.